The molecule has 8 heteroatoms. The Morgan fingerprint density at radius 2 is 2.15 bits per heavy atom. The van der Waals surface area contributed by atoms with E-state index < -0.39 is 4.92 Å². The number of anilines is 1. The number of hydrogen-bond donors (Lipinski definition) is 1. The van der Waals surface area contributed by atoms with Crippen LogP contribution in [0.4, 0.5) is 11.4 Å². The molecule has 1 atom stereocenters. The molecule has 0 saturated carbocycles. The van der Waals surface area contributed by atoms with Gasteiger partial charge in [-0.3, -0.25) is 10.1 Å². The zero-order chi connectivity index (χ0) is 14.1. The molecule has 3 aromatic rings. The summed E-state index contributed by atoms with van der Waals surface area (Å²) in [5.74, 6) is 0. The van der Waals surface area contributed by atoms with Gasteiger partial charge in [0, 0.05) is 12.1 Å². The van der Waals surface area contributed by atoms with E-state index in [1.165, 1.54) is 6.07 Å². The molecule has 2 heterocycles. The van der Waals surface area contributed by atoms with Gasteiger partial charge in [0.15, 0.2) is 5.52 Å². The summed E-state index contributed by atoms with van der Waals surface area (Å²) >= 11 is 1.61. The number of rotatable bonds is 4. The lowest BCUT2D eigenvalue weighted by Gasteiger charge is -2.13. The van der Waals surface area contributed by atoms with Crippen molar-refractivity contribution in [2.75, 3.05) is 5.32 Å². The molecule has 0 spiro atoms. The lowest BCUT2D eigenvalue weighted by molar-refractivity contribution is -0.383. The molecule has 0 bridgehead atoms. The van der Waals surface area contributed by atoms with Crippen molar-refractivity contribution < 1.29 is 9.55 Å². The number of aromatic nitrogens is 2. The van der Waals surface area contributed by atoms with Crippen molar-refractivity contribution in [2.45, 2.75) is 13.0 Å². The van der Waals surface area contributed by atoms with Gasteiger partial charge in [-0.2, -0.15) is 11.3 Å². The molecule has 0 radical (unpaired) electrons. The van der Waals surface area contributed by atoms with Crippen molar-refractivity contribution in [3.05, 3.63) is 44.6 Å². The lowest BCUT2D eigenvalue weighted by Crippen LogP contribution is -2.06. The summed E-state index contributed by atoms with van der Waals surface area (Å²) in [5, 5.41) is 25.6. The van der Waals surface area contributed by atoms with Gasteiger partial charge in [0.1, 0.15) is 0 Å². The molecule has 0 fully saturated rings. The zero-order valence-electron chi connectivity index (χ0n) is 10.4. The van der Waals surface area contributed by atoms with Gasteiger partial charge < -0.3 is 5.32 Å². The summed E-state index contributed by atoms with van der Waals surface area (Å²) < 4.78 is 4.63. The first-order chi connectivity index (χ1) is 9.66. The Balaban J connectivity index is 1.99. The number of thiophene rings is 1. The number of nitro groups is 1. The molecule has 1 unspecified atom stereocenters. The van der Waals surface area contributed by atoms with E-state index in [4.69, 9.17) is 0 Å². The van der Waals surface area contributed by atoms with Gasteiger partial charge in [-0.25, -0.2) is 4.63 Å². The quantitative estimate of drug-likeness (QED) is 0.584. The van der Waals surface area contributed by atoms with Crippen molar-refractivity contribution in [3.8, 4) is 0 Å². The predicted octanol–water partition coefficient (Wildman–Crippen LogP) is 3.37. The van der Waals surface area contributed by atoms with E-state index in [0.29, 0.717) is 11.2 Å². The fraction of sp³-hybridized carbons (Fsp3) is 0.167. The average molecular weight is 290 g/mol. The van der Waals surface area contributed by atoms with Crippen LogP contribution in [0.1, 0.15) is 18.5 Å². The number of nitrogens with one attached hydrogen (secondary N) is 1. The van der Waals surface area contributed by atoms with E-state index in [0.717, 1.165) is 5.56 Å². The number of nitro benzene ring substituents is 1. The largest absolute Gasteiger partial charge is 0.377 e. The second-order valence-corrected chi connectivity index (χ2v) is 5.05. The van der Waals surface area contributed by atoms with Gasteiger partial charge in [-0.05, 0) is 45.7 Å². The fourth-order valence-corrected chi connectivity index (χ4v) is 2.71. The molecule has 20 heavy (non-hydrogen) atoms. The van der Waals surface area contributed by atoms with E-state index in [-0.39, 0.29) is 17.2 Å². The van der Waals surface area contributed by atoms with Gasteiger partial charge >= 0.3 is 5.69 Å². The molecule has 0 aliphatic heterocycles. The molecule has 7 nitrogen and oxygen atoms in total. The second-order valence-electron chi connectivity index (χ2n) is 4.27. The first-order valence-corrected chi connectivity index (χ1v) is 6.79. The maximum Gasteiger partial charge on any atom is 0.300 e. The highest BCUT2D eigenvalue weighted by atomic mass is 32.1. The molecule has 0 amide bonds. The zero-order valence-corrected chi connectivity index (χ0v) is 11.3. The van der Waals surface area contributed by atoms with Crippen LogP contribution in [0.2, 0.25) is 0 Å². The highest BCUT2D eigenvalue weighted by molar-refractivity contribution is 7.08. The highest BCUT2D eigenvalue weighted by Gasteiger charge is 2.20. The van der Waals surface area contributed by atoms with E-state index in [2.05, 4.69) is 20.3 Å². The maximum absolute atomic E-state index is 10.9. The third-order valence-electron chi connectivity index (χ3n) is 3.01. The number of benzene rings is 1. The number of fused-ring (bicyclic) bond motifs is 1. The minimum Gasteiger partial charge on any atom is -0.377 e. The standard InChI is InChI=1S/C12H10N4O3S/c1-7(8-4-5-20-6-8)13-9-2-3-10(16(17)18)12-11(9)14-19-15-12/h2-7,13H,1H3. The topological polar surface area (TPSA) is 94.1 Å². The van der Waals surface area contributed by atoms with Crippen molar-refractivity contribution >= 4 is 33.7 Å². The first-order valence-electron chi connectivity index (χ1n) is 5.85. The Morgan fingerprint density at radius 3 is 2.85 bits per heavy atom. The average Bonchev–Trinajstić information content (AvgIpc) is 3.10. The molecule has 0 aliphatic carbocycles. The van der Waals surface area contributed by atoms with Crippen molar-refractivity contribution in [3.63, 3.8) is 0 Å². The fourth-order valence-electron chi connectivity index (χ4n) is 1.96. The van der Waals surface area contributed by atoms with Gasteiger partial charge in [-0.15, -0.1) is 0 Å². The summed E-state index contributed by atoms with van der Waals surface area (Å²) in [4.78, 5) is 10.4. The van der Waals surface area contributed by atoms with Crippen LogP contribution in [-0.2, 0) is 0 Å². The molecule has 3 rings (SSSR count). The monoisotopic (exact) mass is 290 g/mol. The molecule has 102 valence electrons. The predicted molar refractivity (Wildman–Crippen MR) is 74.8 cm³/mol. The maximum atomic E-state index is 10.9. The second kappa shape index (κ2) is 4.89. The van der Waals surface area contributed by atoms with E-state index in [1.54, 1.807) is 17.4 Å². The molecule has 0 saturated heterocycles. The Morgan fingerprint density at radius 1 is 1.35 bits per heavy atom. The van der Waals surface area contributed by atoms with Crippen LogP contribution in [0.5, 0.6) is 0 Å². The Bertz CT molecular complexity index is 753. The normalized spacial score (nSPS) is 12.4. The number of hydrogen-bond acceptors (Lipinski definition) is 7. The van der Waals surface area contributed by atoms with E-state index in [9.17, 15) is 10.1 Å². The van der Waals surface area contributed by atoms with Crippen molar-refractivity contribution in [1.82, 2.24) is 10.3 Å². The van der Waals surface area contributed by atoms with Gasteiger partial charge in [-0.1, -0.05) is 0 Å². The summed E-state index contributed by atoms with van der Waals surface area (Å²) in [7, 11) is 0. The number of non-ortho nitro benzene ring substituents is 1. The van der Waals surface area contributed by atoms with Crippen molar-refractivity contribution in [2.24, 2.45) is 0 Å². The van der Waals surface area contributed by atoms with Crippen LogP contribution in [-0.4, -0.2) is 15.2 Å². The SMILES string of the molecule is CC(Nc1ccc([N+](=O)[O-])c2nonc12)c1ccsc1. The molecule has 2 aromatic heterocycles. The van der Waals surface area contributed by atoms with Gasteiger partial charge in [0.2, 0.25) is 5.52 Å². The van der Waals surface area contributed by atoms with Crippen LogP contribution < -0.4 is 5.32 Å². The summed E-state index contributed by atoms with van der Waals surface area (Å²) in [6.07, 6.45) is 0. The Kier molecular flexibility index (Phi) is 3.07. The summed E-state index contributed by atoms with van der Waals surface area (Å²) in [6, 6.07) is 5.09. The Labute approximate surface area is 117 Å². The van der Waals surface area contributed by atoms with Gasteiger partial charge in [0.05, 0.1) is 10.6 Å². The molecule has 1 N–H and O–H groups in total. The summed E-state index contributed by atoms with van der Waals surface area (Å²) in [5.41, 5.74) is 2.19. The Hall–Kier alpha value is -2.48. The van der Waals surface area contributed by atoms with E-state index in [1.807, 2.05) is 23.8 Å². The van der Waals surface area contributed by atoms with Crippen LogP contribution >= 0.6 is 11.3 Å². The smallest absolute Gasteiger partial charge is 0.300 e. The van der Waals surface area contributed by atoms with Crippen molar-refractivity contribution in [1.29, 1.82) is 0 Å². The van der Waals surface area contributed by atoms with E-state index >= 15 is 0 Å². The van der Waals surface area contributed by atoms with Crippen LogP contribution in [0.3, 0.4) is 0 Å². The minimum atomic E-state index is -0.501. The highest BCUT2D eigenvalue weighted by Crippen LogP contribution is 2.31. The molecular formula is C12H10N4O3S. The molecular weight excluding hydrogens is 280 g/mol. The lowest BCUT2D eigenvalue weighted by atomic mass is 10.1. The minimum absolute atomic E-state index is 0.0580. The molecule has 0 aliphatic rings. The third kappa shape index (κ3) is 2.10. The van der Waals surface area contributed by atoms with Crippen LogP contribution in [0.25, 0.3) is 11.0 Å². The third-order valence-corrected chi connectivity index (χ3v) is 3.71. The van der Waals surface area contributed by atoms with Crippen LogP contribution in [0.15, 0.2) is 33.6 Å². The molecule has 1 aromatic carbocycles. The van der Waals surface area contributed by atoms with Crippen LogP contribution in [0, 0.1) is 10.1 Å². The number of nitrogens with zero attached hydrogens (tertiary/aromatic N) is 3. The summed E-state index contributed by atoms with van der Waals surface area (Å²) in [6.45, 7) is 2.00. The first kappa shape index (κ1) is 12.5. The van der Waals surface area contributed by atoms with Gasteiger partial charge in [0.25, 0.3) is 0 Å².